The number of benzene rings is 3. The third-order valence-corrected chi connectivity index (χ3v) is 6.15. The maximum atomic E-state index is 12.3. The van der Waals surface area contributed by atoms with Gasteiger partial charge in [0.2, 0.25) is 5.91 Å². The first-order valence-electron chi connectivity index (χ1n) is 10.8. The zero-order chi connectivity index (χ0) is 22.2. The van der Waals surface area contributed by atoms with Crippen molar-refractivity contribution >= 4 is 23.4 Å². The van der Waals surface area contributed by atoms with Crippen LogP contribution in [0.4, 0.5) is 5.69 Å². The molecule has 1 aromatic heterocycles. The first-order valence-corrected chi connectivity index (χ1v) is 11.8. The van der Waals surface area contributed by atoms with Crippen LogP contribution in [-0.4, -0.2) is 26.4 Å². The minimum Gasteiger partial charge on any atom is -0.325 e. The molecule has 0 radical (unpaired) electrons. The molecule has 0 aliphatic rings. The van der Waals surface area contributed by atoms with E-state index in [9.17, 15) is 4.79 Å². The number of aryl methyl sites for hydroxylation is 2. The Hall–Kier alpha value is -3.38. The van der Waals surface area contributed by atoms with E-state index in [1.54, 1.807) is 0 Å². The molecule has 0 fully saturated rings. The summed E-state index contributed by atoms with van der Waals surface area (Å²) in [5, 5.41) is 12.4. The fourth-order valence-electron chi connectivity index (χ4n) is 3.50. The molecule has 0 bridgehead atoms. The van der Waals surface area contributed by atoms with Crippen molar-refractivity contribution in [3.05, 3.63) is 96.1 Å². The fourth-order valence-corrected chi connectivity index (χ4v) is 4.30. The van der Waals surface area contributed by atoms with E-state index in [-0.39, 0.29) is 11.7 Å². The normalized spacial score (nSPS) is 10.8. The van der Waals surface area contributed by atoms with Crippen molar-refractivity contribution in [2.24, 2.45) is 0 Å². The molecule has 32 heavy (non-hydrogen) atoms. The number of para-hydroxylation sites is 1. The SMILES string of the molecule is CCn1c(SCC(=O)Nc2ccccc2)nnc1-c1ccc(CCc2ccccc2)cc1. The Bertz CT molecular complexity index is 1140. The number of thioether (sulfide) groups is 1. The molecule has 0 aliphatic heterocycles. The molecule has 0 saturated heterocycles. The van der Waals surface area contributed by atoms with Gasteiger partial charge in [-0.3, -0.25) is 4.79 Å². The van der Waals surface area contributed by atoms with Gasteiger partial charge >= 0.3 is 0 Å². The average molecular weight is 443 g/mol. The number of amides is 1. The Labute approximate surface area is 192 Å². The standard InChI is InChI=1S/C26H26N4OS/c1-2-30-25(22-17-15-21(16-18-22)14-13-20-9-5-3-6-10-20)28-29-26(30)32-19-24(31)27-23-11-7-4-8-12-23/h3-12,15-18H,2,13-14,19H2,1H3,(H,27,31). The van der Waals surface area contributed by atoms with E-state index in [4.69, 9.17) is 0 Å². The van der Waals surface area contributed by atoms with Gasteiger partial charge in [0.1, 0.15) is 0 Å². The molecule has 1 heterocycles. The topological polar surface area (TPSA) is 59.8 Å². The third-order valence-electron chi connectivity index (χ3n) is 5.18. The zero-order valence-corrected chi connectivity index (χ0v) is 18.9. The molecule has 1 amide bonds. The van der Waals surface area contributed by atoms with Crippen LogP contribution < -0.4 is 5.32 Å². The summed E-state index contributed by atoms with van der Waals surface area (Å²) >= 11 is 1.40. The van der Waals surface area contributed by atoms with Gasteiger partial charge in [0.05, 0.1) is 5.75 Å². The van der Waals surface area contributed by atoms with Crippen LogP contribution >= 0.6 is 11.8 Å². The van der Waals surface area contributed by atoms with Crippen LogP contribution in [0, 0.1) is 0 Å². The van der Waals surface area contributed by atoms with Crippen molar-refractivity contribution in [3.8, 4) is 11.4 Å². The van der Waals surface area contributed by atoms with Crippen molar-refractivity contribution in [1.82, 2.24) is 14.8 Å². The second-order valence-electron chi connectivity index (χ2n) is 7.44. The van der Waals surface area contributed by atoms with Crippen LogP contribution in [0.3, 0.4) is 0 Å². The first kappa shape index (κ1) is 21.8. The van der Waals surface area contributed by atoms with Gasteiger partial charge in [-0.25, -0.2) is 0 Å². The quantitative estimate of drug-likeness (QED) is 0.349. The minimum atomic E-state index is -0.0591. The summed E-state index contributed by atoms with van der Waals surface area (Å²) in [6.07, 6.45) is 2.03. The maximum Gasteiger partial charge on any atom is 0.234 e. The monoisotopic (exact) mass is 442 g/mol. The van der Waals surface area contributed by atoms with Crippen molar-refractivity contribution in [2.75, 3.05) is 11.1 Å². The van der Waals surface area contributed by atoms with Gasteiger partial charge in [-0.2, -0.15) is 0 Å². The van der Waals surface area contributed by atoms with Crippen LogP contribution in [0.1, 0.15) is 18.1 Å². The Morgan fingerprint density at radius 3 is 2.12 bits per heavy atom. The molecule has 1 N–H and O–H groups in total. The average Bonchev–Trinajstić information content (AvgIpc) is 3.26. The van der Waals surface area contributed by atoms with Crippen LogP contribution in [-0.2, 0) is 24.2 Å². The second-order valence-corrected chi connectivity index (χ2v) is 8.38. The van der Waals surface area contributed by atoms with Gasteiger partial charge < -0.3 is 9.88 Å². The van der Waals surface area contributed by atoms with Gasteiger partial charge in [0.25, 0.3) is 0 Å². The lowest BCUT2D eigenvalue weighted by molar-refractivity contribution is -0.113. The predicted octanol–water partition coefficient (Wildman–Crippen LogP) is 5.48. The molecule has 162 valence electrons. The molecular weight excluding hydrogens is 416 g/mol. The van der Waals surface area contributed by atoms with Gasteiger partial charge in [-0.1, -0.05) is 84.6 Å². The lowest BCUT2D eigenvalue weighted by Gasteiger charge is -2.09. The highest BCUT2D eigenvalue weighted by atomic mass is 32.2. The molecule has 0 unspecified atom stereocenters. The van der Waals surface area contributed by atoms with Gasteiger partial charge in [-0.15, -0.1) is 10.2 Å². The highest BCUT2D eigenvalue weighted by Crippen LogP contribution is 2.25. The minimum absolute atomic E-state index is 0.0591. The van der Waals surface area contributed by atoms with E-state index in [0.717, 1.165) is 41.6 Å². The second kappa shape index (κ2) is 10.8. The molecule has 0 aliphatic carbocycles. The van der Waals surface area contributed by atoms with Gasteiger partial charge in [0, 0.05) is 17.8 Å². The molecule has 3 aromatic carbocycles. The summed E-state index contributed by atoms with van der Waals surface area (Å²) in [5.41, 5.74) is 4.47. The summed E-state index contributed by atoms with van der Waals surface area (Å²) in [4.78, 5) is 12.3. The largest absolute Gasteiger partial charge is 0.325 e. The highest BCUT2D eigenvalue weighted by molar-refractivity contribution is 7.99. The summed E-state index contributed by atoms with van der Waals surface area (Å²) in [6, 6.07) is 28.5. The third kappa shape index (κ3) is 5.65. The number of hydrogen-bond acceptors (Lipinski definition) is 4. The Balaban J connectivity index is 1.38. The molecule has 0 atom stereocenters. The summed E-state index contributed by atoms with van der Waals surface area (Å²) in [6.45, 7) is 2.80. The van der Waals surface area contributed by atoms with Crippen LogP contribution in [0.25, 0.3) is 11.4 Å². The van der Waals surface area contributed by atoms with Crippen molar-refractivity contribution in [1.29, 1.82) is 0 Å². The van der Waals surface area contributed by atoms with Crippen LogP contribution in [0.2, 0.25) is 0 Å². The number of carbonyl (C=O) groups is 1. The molecule has 0 spiro atoms. The number of carbonyl (C=O) groups excluding carboxylic acids is 1. The fraction of sp³-hybridized carbons (Fsp3) is 0.192. The van der Waals surface area contributed by atoms with Gasteiger partial charge in [0.15, 0.2) is 11.0 Å². The predicted molar refractivity (Wildman–Crippen MR) is 131 cm³/mol. The first-order chi connectivity index (χ1) is 15.7. The highest BCUT2D eigenvalue weighted by Gasteiger charge is 2.15. The number of nitrogens with zero attached hydrogens (tertiary/aromatic N) is 3. The molecule has 4 rings (SSSR count). The zero-order valence-electron chi connectivity index (χ0n) is 18.1. The number of rotatable bonds is 9. The number of hydrogen-bond donors (Lipinski definition) is 1. The Morgan fingerprint density at radius 2 is 1.47 bits per heavy atom. The molecule has 6 heteroatoms. The molecule has 4 aromatic rings. The summed E-state index contributed by atoms with van der Waals surface area (Å²) in [7, 11) is 0. The number of aromatic nitrogens is 3. The van der Waals surface area contributed by atoms with Gasteiger partial charge in [-0.05, 0) is 43.0 Å². The smallest absolute Gasteiger partial charge is 0.234 e. The van der Waals surface area contributed by atoms with Crippen molar-refractivity contribution in [2.45, 2.75) is 31.5 Å². The van der Waals surface area contributed by atoms with E-state index in [1.165, 1.54) is 22.9 Å². The lowest BCUT2D eigenvalue weighted by Crippen LogP contribution is -2.14. The maximum absolute atomic E-state index is 12.3. The summed E-state index contributed by atoms with van der Waals surface area (Å²) < 4.78 is 2.05. The lowest BCUT2D eigenvalue weighted by atomic mass is 10.0. The van der Waals surface area contributed by atoms with Crippen LogP contribution in [0.5, 0.6) is 0 Å². The number of nitrogens with one attached hydrogen (secondary N) is 1. The van der Waals surface area contributed by atoms with Crippen LogP contribution in [0.15, 0.2) is 90.1 Å². The summed E-state index contributed by atoms with van der Waals surface area (Å²) in [5.74, 6) is 1.05. The van der Waals surface area contributed by atoms with E-state index in [2.05, 4.69) is 75.5 Å². The van der Waals surface area contributed by atoms with Crippen molar-refractivity contribution < 1.29 is 4.79 Å². The van der Waals surface area contributed by atoms with E-state index in [0.29, 0.717) is 0 Å². The molecular formula is C26H26N4OS. The van der Waals surface area contributed by atoms with E-state index in [1.807, 2.05) is 36.4 Å². The number of anilines is 1. The molecule has 5 nitrogen and oxygen atoms in total. The van der Waals surface area contributed by atoms with Crippen molar-refractivity contribution in [3.63, 3.8) is 0 Å². The Kier molecular flexibility index (Phi) is 7.35. The van der Waals surface area contributed by atoms with E-state index < -0.39 is 0 Å². The molecule has 0 saturated carbocycles. The Morgan fingerprint density at radius 1 is 0.844 bits per heavy atom. The van der Waals surface area contributed by atoms with E-state index >= 15 is 0 Å².